The smallest absolute Gasteiger partial charge is 0.158 e. The Morgan fingerprint density at radius 3 is 0.835 bits per heavy atom. The van der Waals surface area contributed by atoms with Gasteiger partial charge in [-0.05, 0) is 427 Å². The summed E-state index contributed by atoms with van der Waals surface area (Å²) in [6.07, 6.45) is 80.2. The molecule has 26 atom stereocenters. The topological polar surface area (TPSA) is 34.1 Å². The fourth-order valence-electron chi connectivity index (χ4n) is 28.2. The van der Waals surface area contributed by atoms with Gasteiger partial charge in [-0.15, -0.1) is 0 Å². The Balaban J connectivity index is 0.000000142. The average Bonchev–Trinajstić information content (AvgIpc) is 1.63. The van der Waals surface area contributed by atoms with E-state index in [2.05, 4.69) is 230 Å². The quantitative estimate of drug-likeness (QED) is 0.0779. The van der Waals surface area contributed by atoms with Crippen molar-refractivity contribution in [3.63, 3.8) is 0 Å². The molecule has 0 N–H and O–H groups in total. The summed E-state index contributed by atoms with van der Waals surface area (Å²) < 4.78 is 0. The predicted octanol–water partition coefficient (Wildman–Crippen LogP) is 32.2. The lowest BCUT2D eigenvalue weighted by Crippen LogP contribution is -2.36. The lowest BCUT2D eigenvalue weighted by atomic mass is 9.61. The largest absolute Gasteiger partial charge is 0.303 e. The molecule has 0 unspecified atom stereocenters. The van der Waals surface area contributed by atoms with Crippen LogP contribution in [0.5, 0.6) is 0 Å². The Morgan fingerprint density at radius 2 is 0.583 bits per heavy atom. The first-order valence-electron chi connectivity index (χ1n) is 49.1. The van der Waals surface area contributed by atoms with Crippen LogP contribution in [0.25, 0.3) is 0 Å². The molecule has 2 heteroatoms. The molecule has 634 valence electrons. The number of carbonyl (C=O) groups excluding carboxylic acids is 2. The van der Waals surface area contributed by atoms with Crippen LogP contribution in [-0.2, 0) is 9.59 Å². The zero-order valence-electron chi connectivity index (χ0n) is 77.3. The number of carbonyl (C=O) groups is 2. The van der Waals surface area contributed by atoms with E-state index in [0.29, 0.717) is 80.7 Å². The number of hydrogen-bond donors (Lipinski definition) is 0. The van der Waals surface area contributed by atoms with E-state index in [9.17, 15) is 9.59 Å². The molecule has 15 fully saturated rings. The lowest BCUT2D eigenvalue weighted by Gasteiger charge is -2.44. The van der Waals surface area contributed by atoms with Crippen molar-refractivity contribution < 1.29 is 9.59 Å². The summed E-state index contributed by atoms with van der Waals surface area (Å²) in [5, 5.41) is 0. The highest BCUT2D eigenvalue weighted by molar-refractivity contribution is 5.93. The predicted molar refractivity (Wildman–Crippen MR) is 496 cm³/mol. The van der Waals surface area contributed by atoms with Crippen LogP contribution >= 0.6 is 0 Å². The van der Waals surface area contributed by atoms with E-state index in [1.165, 1.54) is 256 Å². The van der Waals surface area contributed by atoms with Gasteiger partial charge in [-0.1, -0.05) is 252 Å². The Labute approximate surface area is 708 Å². The van der Waals surface area contributed by atoms with Crippen LogP contribution in [0.1, 0.15) is 343 Å². The maximum absolute atomic E-state index is 12.1. The number of aldehydes is 1. The summed E-state index contributed by atoms with van der Waals surface area (Å²) in [7, 11) is 0. The first kappa shape index (κ1) is 89.7. The van der Waals surface area contributed by atoms with Gasteiger partial charge in [0, 0.05) is 11.8 Å². The monoisotopic (exact) mass is 1560 g/mol. The number of hydrogen-bond acceptors (Lipinski definition) is 2. The second kappa shape index (κ2) is 38.7. The maximum atomic E-state index is 12.1. The highest BCUT2D eigenvalue weighted by Crippen LogP contribution is 2.64. The third kappa shape index (κ3) is 21.0. The van der Waals surface area contributed by atoms with Crippen LogP contribution in [-0.4, -0.2) is 12.1 Å². The number of fused-ring (bicyclic) bond motifs is 4. The molecule has 0 heterocycles. The third-order valence-corrected chi connectivity index (χ3v) is 35.9. The zero-order valence-corrected chi connectivity index (χ0v) is 77.3. The minimum Gasteiger partial charge on any atom is -0.303 e. The van der Waals surface area contributed by atoms with Gasteiger partial charge in [-0.3, -0.25) is 4.79 Å². The van der Waals surface area contributed by atoms with Crippen LogP contribution in [0.2, 0.25) is 0 Å². The van der Waals surface area contributed by atoms with E-state index in [4.69, 9.17) is 0 Å². The van der Waals surface area contributed by atoms with Gasteiger partial charge >= 0.3 is 0 Å². The molecule has 15 rings (SSSR count). The molecule has 0 aliphatic heterocycles. The standard InChI is InChI=1S/2C30H46.C29H42O.C24H36O/c2*1-20-18-23(4)24(5)27(19-20)14-13-26-8-7-17-30(6)28(15-16-29(26)30)22(3)10-9-21(2)25-11-12-25;1-19-17-21(3)22(4)25(18-19)12-9-23-7-6-16-29(5)26(13-14-27(23)29)20(2)8-15-28(30)24-10-11-24;1-16-13-17(2)19(4)21(14-16)9-8-20-7-6-12-24(5)22(18(3)15-25)10-11-23(20)24/h2*9-10,13-14,20-23,25,28-29H,5,7-8,11-12,15-19H2,1-4,6H3;8-9,12,15,19-21,24,26-27H,4,6-7,10-11,13-14,16-18H2,1-3,5H3;8-9,15-18,22-23H,4,6-7,10-14H2,1-3,5H3/b2*10-9+,26-13+,27-14+;15-8+,23-9+,25-12+;20-8+,21-9+/t20-,21+,22+,23-,28+,29-,30+;20-,21-,22+,23-,28+,29-,30+;19-,20+,21-,26+,27-,29+;16-,17-,18+,22+,23-,24+/m0000/s1. The van der Waals surface area contributed by atoms with Crippen LogP contribution in [0.4, 0.5) is 0 Å². The van der Waals surface area contributed by atoms with Gasteiger partial charge in [-0.2, -0.15) is 0 Å². The molecule has 0 radical (unpaired) electrons. The summed E-state index contributed by atoms with van der Waals surface area (Å²) >= 11 is 0. The molecule has 0 aromatic rings. The van der Waals surface area contributed by atoms with E-state index < -0.39 is 0 Å². The molecule has 2 nitrogen and oxygen atoms in total. The average molecular weight is 1560 g/mol. The van der Waals surface area contributed by atoms with E-state index >= 15 is 0 Å². The summed E-state index contributed by atoms with van der Waals surface area (Å²) in [6, 6.07) is 0. The van der Waals surface area contributed by atoms with Crippen LogP contribution in [0.3, 0.4) is 0 Å². The van der Waals surface area contributed by atoms with Crippen molar-refractivity contribution >= 4 is 12.1 Å². The number of rotatable bonds is 18. The minimum absolute atomic E-state index is 0.201. The molecule has 115 heavy (non-hydrogen) atoms. The minimum atomic E-state index is 0.201. The lowest BCUT2D eigenvalue weighted by molar-refractivity contribution is -0.115. The Bertz CT molecular complexity index is 3680. The van der Waals surface area contributed by atoms with Crippen molar-refractivity contribution in [3.05, 3.63) is 178 Å². The third-order valence-electron chi connectivity index (χ3n) is 35.9. The fourth-order valence-corrected chi connectivity index (χ4v) is 28.2. The number of allylic oxidation sites excluding steroid dienone is 26. The molecule has 0 saturated heterocycles. The normalized spacial score (nSPS) is 42.0. The molecular formula is C113H170O2. The summed E-state index contributed by atoms with van der Waals surface area (Å²) in [5.74, 6) is 18.1. The van der Waals surface area contributed by atoms with E-state index in [-0.39, 0.29) is 5.92 Å². The van der Waals surface area contributed by atoms with E-state index in [1.54, 1.807) is 22.3 Å². The molecular weight excluding hydrogens is 1390 g/mol. The van der Waals surface area contributed by atoms with Gasteiger partial charge in [0.05, 0.1) is 0 Å². The summed E-state index contributed by atoms with van der Waals surface area (Å²) in [6.45, 7) is 61.2. The summed E-state index contributed by atoms with van der Waals surface area (Å²) in [4.78, 5) is 23.5. The molecule has 0 spiro atoms. The summed E-state index contributed by atoms with van der Waals surface area (Å²) in [5.41, 5.74) is 20.1. The first-order valence-corrected chi connectivity index (χ1v) is 49.1. The second-order valence-corrected chi connectivity index (χ2v) is 44.8. The van der Waals surface area contributed by atoms with Gasteiger partial charge in [0.2, 0.25) is 0 Å². The Kier molecular flexibility index (Phi) is 30.2. The van der Waals surface area contributed by atoms with Crippen molar-refractivity contribution in [1.82, 2.24) is 0 Å². The van der Waals surface area contributed by atoms with E-state index in [1.807, 2.05) is 6.08 Å². The molecule has 15 saturated carbocycles. The van der Waals surface area contributed by atoms with E-state index in [0.717, 1.165) is 102 Å². The molecule has 0 amide bonds. The van der Waals surface area contributed by atoms with Crippen molar-refractivity contribution in [1.29, 1.82) is 0 Å². The fraction of sp³-hybridized carbons (Fsp3) is 0.717. The van der Waals surface area contributed by atoms with Gasteiger partial charge in [0.15, 0.2) is 5.78 Å². The zero-order chi connectivity index (χ0) is 82.6. The second-order valence-electron chi connectivity index (χ2n) is 44.8. The highest BCUT2D eigenvalue weighted by atomic mass is 16.1. The first-order chi connectivity index (χ1) is 54.7. The van der Waals surface area contributed by atoms with Gasteiger partial charge in [0.1, 0.15) is 6.29 Å². The SMILES string of the molecule is C=C1/C(=C/C=C2\CCC[C@]3(C)[C@@H]([C@H](C)/C=C/C(=O)C4CC4)CC[C@@H]23)C[C@@H](C)C[C@@H]1C.C=C1/C(=C/C=C2\CCC[C@]3(C)[C@@H]([C@H](C)/C=C/[C@@H](C)C4CC4)CC[C@@H]23)C[C@@H](C)C[C@@H]1C.C=C1/C(=C/C=C2\CCC[C@]3(C)[C@@H]([C@H](C)/C=C/[C@H](C)C4CC4)CC[C@@H]23)C[C@@H](C)C[C@@H]1C.C=C1/C(=C/C=C2\CCC[C@]3(C)[C@@H]([C@H](C)C=O)CC[C@@H]23)C[C@@H](C)C[C@@H]1C. The highest BCUT2D eigenvalue weighted by Gasteiger charge is 2.55. The van der Waals surface area contributed by atoms with Crippen molar-refractivity contribution in [2.75, 3.05) is 0 Å². The molecule has 0 bridgehead atoms. The van der Waals surface area contributed by atoms with Gasteiger partial charge < -0.3 is 4.79 Å². The maximum Gasteiger partial charge on any atom is 0.158 e. The Morgan fingerprint density at radius 1 is 0.330 bits per heavy atom. The molecule has 0 aromatic carbocycles. The van der Waals surface area contributed by atoms with Crippen LogP contribution in [0, 0.1) is 170 Å². The molecule has 0 aromatic heterocycles. The van der Waals surface area contributed by atoms with Gasteiger partial charge in [0.25, 0.3) is 0 Å². The Hall–Kier alpha value is -4.56. The van der Waals surface area contributed by atoms with Crippen molar-refractivity contribution in [2.45, 2.75) is 343 Å². The van der Waals surface area contributed by atoms with Gasteiger partial charge in [-0.25, -0.2) is 0 Å². The molecule has 15 aliphatic rings. The molecule has 15 aliphatic carbocycles. The van der Waals surface area contributed by atoms with Crippen molar-refractivity contribution in [2.24, 2.45) is 170 Å². The van der Waals surface area contributed by atoms with Crippen LogP contribution < -0.4 is 0 Å². The number of ketones is 1. The van der Waals surface area contributed by atoms with Crippen molar-refractivity contribution in [3.8, 4) is 0 Å². The van der Waals surface area contributed by atoms with Crippen LogP contribution in [0.15, 0.2) is 178 Å².